The third kappa shape index (κ3) is 6.76. The molecule has 4 nitrogen and oxygen atoms in total. The lowest BCUT2D eigenvalue weighted by Gasteiger charge is -2.28. The normalized spacial score (nSPS) is 18.9. The van der Waals surface area contributed by atoms with Gasteiger partial charge in [-0.3, -0.25) is 4.79 Å². The summed E-state index contributed by atoms with van der Waals surface area (Å²) in [6, 6.07) is 17.9. The van der Waals surface area contributed by atoms with Crippen LogP contribution in [0.25, 0.3) is 5.57 Å². The molecule has 30 heavy (non-hydrogen) atoms. The van der Waals surface area contributed by atoms with Crippen molar-refractivity contribution < 1.29 is 31.6 Å². The highest BCUT2D eigenvalue weighted by molar-refractivity contribution is 6.32. The van der Waals surface area contributed by atoms with Gasteiger partial charge in [-0.2, -0.15) is 0 Å². The minimum absolute atomic E-state index is 0. The van der Waals surface area contributed by atoms with Gasteiger partial charge in [0, 0.05) is 16.2 Å². The van der Waals surface area contributed by atoms with Gasteiger partial charge in [-0.25, -0.2) is 0 Å². The molecule has 1 N–H and O–H groups in total. The SMILES string of the molecule is CCOC(=O)[C@@H]1CCC[NH+](CCO/C=C(/c2ccccc2)c2ccccc2Cl)C1.[Cl-]. The Morgan fingerprint density at radius 3 is 2.63 bits per heavy atom. The number of hydrogen-bond acceptors (Lipinski definition) is 3. The fourth-order valence-electron chi connectivity index (χ4n) is 3.77. The Hall–Kier alpha value is -2.01. The predicted molar refractivity (Wildman–Crippen MR) is 116 cm³/mol. The van der Waals surface area contributed by atoms with Crippen LogP contribution < -0.4 is 17.3 Å². The van der Waals surface area contributed by atoms with Crippen molar-refractivity contribution in [3.8, 4) is 0 Å². The molecule has 1 heterocycles. The van der Waals surface area contributed by atoms with E-state index in [4.69, 9.17) is 21.1 Å². The van der Waals surface area contributed by atoms with Gasteiger partial charge in [0.1, 0.15) is 19.1 Å². The third-order valence-electron chi connectivity index (χ3n) is 5.26. The molecule has 1 unspecified atom stereocenters. The maximum Gasteiger partial charge on any atom is 0.314 e. The number of hydrogen-bond donors (Lipinski definition) is 1. The fourth-order valence-corrected chi connectivity index (χ4v) is 4.01. The number of nitrogens with one attached hydrogen (secondary N) is 1. The molecule has 2 atom stereocenters. The van der Waals surface area contributed by atoms with E-state index >= 15 is 0 Å². The van der Waals surface area contributed by atoms with Crippen molar-refractivity contribution in [2.45, 2.75) is 19.8 Å². The van der Waals surface area contributed by atoms with E-state index in [1.54, 1.807) is 0 Å². The summed E-state index contributed by atoms with van der Waals surface area (Å²) in [5, 5.41) is 0.699. The third-order valence-corrected chi connectivity index (χ3v) is 5.59. The number of piperidine rings is 1. The Balaban J connectivity index is 0.00000320. The Morgan fingerprint density at radius 1 is 1.17 bits per heavy atom. The summed E-state index contributed by atoms with van der Waals surface area (Å²) < 4.78 is 11.1. The second-order valence-electron chi connectivity index (χ2n) is 7.29. The van der Waals surface area contributed by atoms with Crippen LogP contribution >= 0.6 is 11.6 Å². The van der Waals surface area contributed by atoms with Crippen LogP contribution in [0.5, 0.6) is 0 Å². The smallest absolute Gasteiger partial charge is 0.314 e. The molecule has 3 rings (SSSR count). The number of esters is 1. The van der Waals surface area contributed by atoms with Crippen LogP contribution in [-0.4, -0.2) is 38.8 Å². The Kier molecular flexibility index (Phi) is 10.2. The molecule has 6 heteroatoms. The average molecular weight is 450 g/mol. The van der Waals surface area contributed by atoms with Crippen LogP contribution in [-0.2, 0) is 14.3 Å². The fraction of sp³-hybridized carbons (Fsp3) is 0.375. The number of ether oxygens (including phenoxy) is 2. The summed E-state index contributed by atoms with van der Waals surface area (Å²) in [6.45, 7) is 5.64. The van der Waals surface area contributed by atoms with E-state index in [2.05, 4.69) is 12.1 Å². The lowest BCUT2D eigenvalue weighted by Crippen LogP contribution is -3.14. The van der Waals surface area contributed by atoms with Crippen LogP contribution in [0.4, 0.5) is 0 Å². The van der Waals surface area contributed by atoms with Crippen molar-refractivity contribution in [3.05, 3.63) is 77.0 Å². The molecule has 1 aliphatic heterocycles. The monoisotopic (exact) mass is 449 g/mol. The molecule has 0 spiro atoms. The van der Waals surface area contributed by atoms with Crippen molar-refractivity contribution >= 4 is 23.1 Å². The van der Waals surface area contributed by atoms with Gasteiger partial charge in [0.2, 0.25) is 0 Å². The highest BCUT2D eigenvalue weighted by atomic mass is 35.5. The number of likely N-dealkylation sites (tertiary alicyclic amines) is 1. The van der Waals surface area contributed by atoms with Gasteiger partial charge >= 0.3 is 5.97 Å². The van der Waals surface area contributed by atoms with E-state index in [9.17, 15) is 4.79 Å². The van der Waals surface area contributed by atoms with Gasteiger partial charge in [-0.05, 0) is 31.4 Å². The Morgan fingerprint density at radius 2 is 1.90 bits per heavy atom. The van der Waals surface area contributed by atoms with Gasteiger partial charge in [0.25, 0.3) is 0 Å². The van der Waals surface area contributed by atoms with Crippen molar-refractivity contribution in [3.63, 3.8) is 0 Å². The highest BCUT2D eigenvalue weighted by Crippen LogP contribution is 2.29. The predicted octanol–water partition coefficient (Wildman–Crippen LogP) is 0.608. The molecule has 0 bridgehead atoms. The first-order valence-corrected chi connectivity index (χ1v) is 10.7. The molecule has 0 amide bonds. The molecule has 162 valence electrons. The Labute approximate surface area is 190 Å². The number of benzene rings is 2. The standard InChI is InChI=1S/C24H28ClNO3.ClH/c1-2-29-24(27)20-11-8-14-26(17-20)15-16-28-18-22(19-9-4-3-5-10-19)21-12-6-7-13-23(21)25;/h3-7,9-10,12-13,18,20H,2,8,11,14-17H2,1H3;1H/b22-18-;/t20-;/m1./s1. The lowest BCUT2D eigenvalue weighted by molar-refractivity contribution is -0.907. The van der Waals surface area contributed by atoms with E-state index in [1.165, 1.54) is 4.90 Å². The van der Waals surface area contributed by atoms with Crippen LogP contribution in [0, 0.1) is 5.92 Å². The Bertz CT molecular complexity index is 826. The first kappa shape index (κ1) is 24.3. The van der Waals surface area contributed by atoms with E-state index in [0.717, 1.165) is 49.2 Å². The van der Waals surface area contributed by atoms with Gasteiger partial charge in [-0.15, -0.1) is 0 Å². The van der Waals surface area contributed by atoms with Crippen molar-refractivity contribution in [2.75, 3.05) is 32.8 Å². The van der Waals surface area contributed by atoms with Crippen LogP contribution in [0.1, 0.15) is 30.9 Å². The zero-order chi connectivity index (χ0) is 20.5. The number of carbonyl (C=O) groups is 1. The van der Waals surface area contributed by atoms with Crippen LogP contribution in [0.15, 0.2) is 60.9 Å². The maximum absolute atomic E-state index is 12.0. The van der Waals surface area contributed by atoms with Gasteiger partial charge in [0.05, 0.1) is 26.0 Å². The summed E-state index contributed by atoms with van der Waals surface area (Å²) in [7, 11) is 0. The second-order valence-corrected chi connectivity index (χ2v) is 7.70. The number of halogens is 2. The molecule has 0 saturated carbocycles. The van der Waals surface area contributed by atoms with Gasteiger partial charge < -0.3 is 26.8 Å². The first-order chi connectivity index (χ1) is 14.2. The first-order valence-electron chi connectivity index (χ1n) is 10.3. The molecule has 1 fully saturated rings. The van der Waals surface area contributed by atoms with Crippen LogP contribution in [0.3, 0.4) is 0 Å². The largest absolute Gasteiger partial charge is 1.00 e. The highest BCUT2D eigenvalue weighted by Gasteiger charge is 2.29. The topological polar surface area (TPSA) is 40.0 Å². The molecule has 2 aromatic carbocycles. The molecule has 1 saturated heterocycles. The van der Waals surface area contributed by atoms with E-state index in [0.29, 0.717) is 18.2 Å². The van der Waals surface area contributed by atoms with E-state index in [1.807, 2.05) is 55.7 Å². The summed E-state index contributed by atoms with van der Waals surface area (Å²) in [4.78, 5) is 13.4. The molecule has 1 aliphatic rings. The molecular weight excluding hydrogens is 421 g/mol. The van der Waals surface area contributed by atoms with Crippen molar-refractivity contribution in [1.82, 2.24) is 0 Å². The van der Waals surface area contributed by atoms with Gasteiger partial charge in [-0.1, -0.05) is 60.1 Å². The lowest BCUT2D eigenvalue weighted by atomic mass is 9.98. The number of quaternary nitrogens is 1. The molecular formula is C24H29Cl2NO3. The van der Waals surface area contributed by atoms with Crippen LogP contribution in [0.2, 0.25) is 5.02 Å². The summed E-state index contributed by atoms with van der Waals surface area (Å²) in [6.07, 6.45) is 3.78. The quantitative estimate of drug-likeness (QED) is 0.364. The minimum atomic E-state index is -0.0596. The number of carbonyl (C=O) groups excluding carboxylic acids is 1. The average Bonchev–Trinajstić information content (AvgIpc) is 2.76. The van der Waals surface area contributed by atoms with E-state index in [-0.39, 0.29) is 24.3 Å². The van der Waals surface area contributed by atoms with Crippen molar-refractivity contribution in [1.29, 1.82) is 0 Å². The summed E-state index contributed by atoms with van der Waals surface area (Å²) in [5.41, 5.74) is 2.98. The molecule has 0 radical (unpaired) electrons. The molecule has 0 aliphatic carbocycles. The zero-order valence-corrected chi connectivity index (χ0v) is 18.8. The summed E-state index contributed by atoms with van der Waals surface area (Å²) in [5.74, 6) is -0.0483. The summed E-state index contributed by atoms with van der Waals surface area (Å²) >= 11 is 6.43. The molecule has 0 aromatic heterocycles. The zero-order valence-electron chi connectivity index (χ0n) is 17.3. The van der Waals surface area contributed by atoms with Gasteiger partial charge in [0.15, 0.2) is 0 Å². The van der Waals surface area contributed by atoms with Crippen molar-refractivity contribution in [2.24, 2.45) is 5.92 Å². The number of rotatable bonds is 8. The minimum Gasteiger partial charge on any atom is -1.00 e. The second kappa shape index (κ2) is 12.6. The molecule has 2 aromatic rings. The maximum atomic E-state index is 12.0. The van der Waals surface area contributed by atoms with E-state index < -0.39 is 0 Å².